The SMILES string of the molecule is CC(Cc1cc2c(c(C(N)=O)c1)NCC2)NCCOc1ccccc1OCC(F)(F)F. The molecule has 0 aromatic heterocycles. The molecule has 0 spiro atoms. The Balaban J connectivity index is 1.49. The molecule has 0 saturated carbocycles. The summed E-state index contributed by atoms with van der Waals surface area (Å²) in [5, 5.41) is 6.52. The zero-order valence-corrected chi connectivity index (χ0v) is 17.2. The van der Waals surface area contributed by atoms with E-state index in [1.54, 1.807) is 18.2 Å². The van der Waals surface area contributed by atoms with Gasteiger partial charge in [-0.25, -0.2) is 0 Å². The first kappa shape index (κ1) is 22.7. The second-order valence-electron chi connectivity index (χ2n) is 7.48. The summed E-state index contributed by atoms with van der Waals surface area (Å²) < 4.78 is 47.6. The van der Waals surface area contributed by atoms with Crippen molar-refractivity contribution in [2.24, 2.45) is 5.73 Å². The van der Waals surface area contributed by atoms with Gasteiger partial charge in [-0.15, -0.1) is 0 Å². The fourth-order valence-electron chi connectivity index (χ4n) is 3.55. The van der Waals surface area contributed by atoms with Gasteiger partial charge in [0.15, 0.2) is 18.1 Å². The van der Waals surface area contributed by atoms with Crippen molar-refractivity contribution < 1.29 is 27.4 Å². The number of carbonyl (C=O) groups is 1. The summed E-state index contributed by atoms with van der Waals surface area (Å²) in [7, 11) is 0. The highest BCUT2D eigenvalue weighted by atomic mass is 19.4. The van der Waals surface area contributed by atoms with Gasteiger partial charge in [0.25, 0.3) is 5.91 Å². The summed E-state index contributed by atoms with van der Waals surface area (Å²) in [6.07, 6.45) is -2.86. The lowest BCUT2D eigenvalue weighted by Gasteiger charge is -2.17. The Labute approximate surface area is 178 Å². The van der Waals surface area contributed by atoms with Crippen molar-refractivity contribution in [3.63, 3.8) is 0 Å². The van der Waals surface area contributed by atoms with Crippen molar-refractivity contribution in [3.05, 3.63) is 53.1 Å². The second kappa shape index (κ2) is 9.91. The van der Waals surface area contributed by atoms with E-state index in [2.05, 4.69) is 16.7 Å². The molecule has 1 atom stereocenters. The normalized spacial score (nSPS) is 13.9. The van der Waals surface area contributed by atoms with Crippen molar-refractivity contribution >= 4 is 11.6 Å². The number of carbonyl (C=O) groups excluding carboxylic acids is 1. The van der Waals surface area contributed by atoms with Crippen molar-refractivity contribution in [2.45, 2.75) is 32.0 Å². The summed E-state index contributed by atoms with van der Waals surface area (Å²) in [6, 6.07) is 10.3. The summed E-state index contributed by atoms with van der Waals surface area (Å²) in [6.45, 7) is 2.18. The van der Waals surface area contributed by atoms with Crippen LogP contribution in [0.25, 0.3) is 0 Å². The average Bonchev–Trinajstić information content (AvgIpc) is 3.17. The topological polar surface area (TPSA) is 85.6 Å². The first-order chi connectivity index (χ1) is 14.7. The number of amides is 1. The number of fused-ring (bicyclic) bond motifs is 1. The van der Waals surface area contributed by atoms with Crippen LogP contribution in [-0.4, -0.2) is 44.4 Å². The fraction of sp³-hybridized carbons (Fsp3) is 0.409. The molecule has 1 aliphatic heterocycles. The van der Waals surface area contributed by atoms with E-state index in [1.165, 1.54) is 6.07 Å². The number of rotatable bonds is 10. The minimum atomic E-state index is -4.41. The molecule has 0 radical (unpaired) electrons. The first-order valence-corrected chi connectivity index (χ1v) is 10.1. The Bertz CT molecular complexity index is 919. The Morgan fingerprint density at radius 1 is 1.23 bits per heavy atom. The van der Waals surface area contributed by atoms with Crippen LogP contribution in [0, 0.1) is 0 Å². The van der Waals surface area contributed by atoms with Crippen LogP contribution in [-0.2, 0) is 12.8 Å². The number of primary amides is 1. The Hall–Kier alpha value is -2.94. The molecule has 3 rings (SSSR count). The van der Waals surface area contributed by atoms with E-state index in [0.29, 0.717) is 18.5 Å². The van der Waals surface area contributed by atoms with E-state index in [0.717, 1.165) is 29.8 Å². The molecule has 31 heavy (non-hydrogen) atoms. The number of nitrogens with one attached hydrogen (secondary N) is 2. The molecule has 1 heterocycles. The molecule has 1 amide bonds. The Morgan fingerprint density at radius 3 is 2.61 bits per heavy atom. The number of nitrogens with two attached hydrogens (primary N) is 1. The molecule has 0 fully saturated rings. The maximum absolute atomic E-state index is 12.4. The van der Waals surface area contributed by atoms with Gasteiger partial charge in [0.05, 0.1) is 11.3 Å². The van der Waals surface area contributed by atoms with Crippen LogP contribution in [0.15, 0.2) is 36.4 Å². The van der Waals surface area contributed by atoms with E-state index in [1.807, 2.05) is 13.0 Å². The Morgan fingerprint density at radius 2 is 1.94 bits per heavy atom. The number of hydrogen-bond donors (Lipinski definition) is 3. The predicted octanol–water partition coefficient (Wildman–Crippen LogP) is 3.29. The highest BCUT2D eigenvalue weighted by Gasteiger charge is 2.29. The molecule has 1 unspecified atom stereocenters. The molecule has 0 bridgehead atoms. The van der Waals surface area contributed by atoms with Crippen molar-refractivity contribution in [2.75, 3.05) is 31.6 Å². The molecule has 1 aliphatic rings. The largest absolute Gasteiger partial charge is 0.488 e. The zero-order chi connectivity index (χ0) is 22.4. The highest BCUT2D eigenvalue weighted by Crippen LogP contribution is 2.29. The molecule has 0 aliphatic carbocycles. The number of ether oxygens (including phenoxy) is 2. The van der Waals surface area contributed by atoms with E-state index >= 15 is 0 Å². The van der Waals surface area contributed by atoms with Crippen LogP contribution < -0.4 is 25.8 Å². The van der Waals surface area contributed by atoms with Gasteiger partial charge in [-0.3, -0.25) is 4.79 Å². The third-order valence-corrected chi connectivity index (χ3v) is 4.88. The third kappa shape index (κ3) is 6.52. The molecular weight excluding hydrogens is 411 g/mol. The van der Waals surface area contributed by atoms with Gasteiger partial charge in [-0.2, -0.15) is 13.2 Å². The zero-order valence-electron chi connectivity index (χ0n) is 17.2. The molecule has 6 nitrogen and oxygen atoms in total. The number of alkyl halides is 3. The summed E-state index contributed by atoms with van der Waals surface area (Å²) in [5.74, 6) is -0.134. The minimum Gasteiger partial charge on any atom is -0.488 e. The Kier molecular flexibility index (Phi) is 7.27. The van der Waals surface area contributed by atoms with Crippen LogP contribution in [0.3, 0.4) is 0 Å². The molecule has 4 N–H and O–H groups in total. The van der Waals surface area contributed by atoms with Crippen LogP contribution in [0.2, 0.25) is 0 Å². The van der Waals surface area contributed by atoms with E-state index < -0.39 is 18.7 Å². The summed E-state index contributed by atoms with van der Waals surface area (Å²) in [5.41, 5.74) is 8.97. The van der Waals surface area contributed by atoms with Gasteiger partial charge in [-0.05, 0) is 49.1 Å². The number of halogens is 3. The van der Waals surface area contributed by atoms with Gasteiger partial charge >= 0.3 is 6.18 Å². The van der Waals surface area contributed by atoms with Gasteiger partial charge in [-0.1, -0.05) is 18.2 Å². The molecule has 0 saturated heterocycles. The van der Waals surface area contributed by atoms with Crippen LogP contribution in [0.5, 0.6) is 11.5 Å². The standard InChI is InChI=1S/C22H26F3N3O3/c1-14(10-15-11-16-6-7-28-20(16)17(12-15)21(26)29)27-8-9-30-18-4-2-3-5-19(18)31-13-22(23,24)25/h2-5,11-12,14,27-28H,6-10,13H2,1H3,(H2,26,29). The molecule has 2 aromatic carbocycles. The quantitative estimate of drug-likeness (QED) is 0.497. The summed E-state index contributed by atoms with van der Waals surface area (Å²) in [4.78, 5) is 11.8. The lowest BCUT2D eigenvalue weighted by Crippen LogP contribution is -2.32. The van der Waals surface area contributed by atoms with Crippen molar-refractivity contribution in [1.82, 2.24) is 5.32 Å². The van der Waals surface area contributed by atoms with Gasteiger partial charge in [0.2, 0.25) is 0 Å². The summed E-state index contributed by atoms with van der Waals surface area (Å²) >= 11 is 0. The van der Waals surface area contributed by atoms with Crippen LogP contribution >= 0.6 is 0 Å². The number of benzene rings is 2. The smallest absolute Gasteiger partial charge is 0.422 e. The van der Waals surface area contributed by atoms with Crippen molar-refractivity contribution in [3.8, 4) is 11.5 Å². The molecular formula is C22H26F3N3O3. The minimum absolute atomic E-state index is 0.0543. The van der Waals surface area contributed by atoms with Crippen LogP contribution in [0.1, 0.15) is 28.4 Å². The maximum Gasteiger partial charge on any atom is 0.422 e. The first-order valence-electron chi connectivity index (χ1n) is 10.1. The van der Waals surface area contributed by atoms with E-state index in [4.69, 9.17) is 15.2 Å². The van der Waals surface area contributed by atoms with Crippen LogP contribution in [0.4, 0.5) is 18.9 Å². The number of anilines is 1. The number of para-hydroxylation sites is 2. The van der Waals surface area contributed by atoms with Gasteiger partial charge < -0.3 is 25.8 Å². The lowest BCUT2D eigenvalue weighted by atomic mass is 9.98. The molecule has 2 aromatic rings. The van der Waals surface area contributed by atoms with E-state index in [-0.39, 0.29) is 24.1 Å². The predicted molar refractivity (Wildman–Crippen MR) is 112 cm³/mol. The monoisotopic (exact) mass is 437 g/mol. The number of hydrogen-bond acceptors (Lipinski definition) is 5. The fourth-order valence-corrected chi connectivity index (χ4v) is 3.55. The lowest BCUT2D eigenvalue weighted by molar-refractivity contribution is -0.153. The van der Waals surface area contributed by atoms with Gasteiger partial charge in [0.1, 0.15) is 6.61 Å². The average molecular weight is 437 g/mol. The maximum atomic E-state index is 12.4. The van der Waals surface area contributed by atoms with Crippen molar-refractivity contribution in [1.29, 1.82) is 0 Å². The highest BCUT2D eigenvalue weighted by molar-refractivity contribution is 5.99. The van der Waals surface area contributed by atoms with E-state index in [9.17, 15) is 18.0 Å². The van der Waals surface area contributed by atoms with Gasteiger partial charge in [0, 0.05) is 19.1 Å². The molecule has 9 heteroatoms. The molecule has 168 valence electrons. The second-order valence-corrected chi connectivity index (χ2v) is 7.48. The third-order valence-electron chi connectivity index (χ3n) is 4.88.